The van der Waals surface area contributed by atoms with Crippen molar-refractivity contribution in [1.82, 2.24) is 14.2 Å². The van der Waals surface area contributed by atoms with Crippen molar-refractivity contribution in [2.45, 2.75) is 30.7 Å². The summed E-state index contributed by atoms with van der Waals surface area (Å²) >= 11 is 0. The standard InChI is InChI=1S/C22H25F4N3O6S/c1-3-35-22(32)29-9-13(4-5-30)16(10-29)27-36(33,34)18-11-28(2)21(20(18)26)17(31)8-12-6-14(23)19(25)15(24)7-12/h6-7,11,13,16,27,30H,3-5,8-10H2,1-2H3. The monoisotopic (exact) mass is 535 g/mol. The van der Waals surface area contributed by atoms with E-state index in [1.807, 2.05) is 0 Å². The van der Waals surface area contributed by atoms with Crippen LogP contribution in [0.2, 0.25) is 0 Å². The molecule has 9 nitrogen and oxygen atoms in total. The number of nitrogens with one attached hydrogen (secondary N) is 1. The number of aliphatic hydroxyl groups excluding tert-OH is 1. The van der Waals surface area contributed by atoms with Crippen molar-refractivity contribution >= 4 is 21.9 Å². The molecule has 1 fully saturated rings. The Morgan fingerprint density at radius 3 is 2.36 bits per heavy atom. The van der Waals surface area contributed by atoms with Gasteiger partial charge in [0.1, 0.15) is 10.6 Å². The molecule has 2 aromatic rings. The molecule has 1 aliphatic heterocycles. The minimum atomic E-state index is -4.54. The molecule has 2 unspecified atom stereocenters. The molecule has 2 heterocycles. The number of benzene rings is 1. The third kappa shape index (κ3) is 5.71. The normalized spacial score (nSPS) is 18.0. The molecule has 0 bridgehead atoms. The van der Waals surface area contributed by atoms with Gasteiger partial charge in [0.15, 0.2) is 29.1 Å². The molecule has 0 aliphatic carbocycles. The number of rotatable bonds is 9. The fraction of sp³-hybridized carbons (Fsp3) is 0.455. The number of aryl methyl sites for hydroxylation is 1. The second-order valence-corrected chi connectivity index (χ2v) is 10.0. The first kappa shape index (κ1) is 27.6. The number of nitrogens with zero attached hydrogens (tertiary/aromatic N) is 2. The van der Waals surface area contributed by atoms with Gasteiger partial charge >= 0.3 is 6.09 Å². The van der Waals surface area contributed by atoms with Crippen LogP contribution in [-0.4, -0.2) is 67.2 Å². The predicted octanol–water partition coefficient (Wildman–Crippen LogP) is 2.12. The molecule has 1 saturated heterocycles. The van der Waals surface area contributed by atoms with E-state index in [0.29, 0.717) is 12.1 Å². The Morgan fingerprint density at radius 2 is 1.78 bits per heavy atom. The molecule has 0 saturated carbocycles. The van der Waals surface area contributed by atoms with E-state index >= 15 is 4.39 Å². The number of sulfonamides is 1. The molecule has 198 valence electrons. The number of hydrogen-bond donors (Lipinski definition) is 2. The number of ether oxygens (including phenoxy) is 1. The van der Waals surface area contributed by atoms with Gasteiger partial charge < -0.3 is 19.3 Å². The summed E-state index contributed by atoms with van der Waals surface area (Å²) in [6.07, 6.45) is -0.342. The van der Waals surface area contributed by atoms with Gasteiger partial charge in [0, 0.05) is 45.4 Å². The van der Waals surface area contributed by atoms with Gasteiger partial charge in [0.05, 0.1) is 6.61 Å². The smallest absolute Gasteiger partial charge is 0.409 e. The maximum absolute atomic E-state index is 15.2. The van der Waals surface area contributed by atoms with Gasteiger partial charge in [-0.3, -0.25) is 4.79 Å². The highest BCUT2D eigenvalue weighted by atomic mass is 32.2. The molecule has 2 atom stereocenters. The molecule has 1 aromatic carbocycles. The van der Waals surface area contributed by atoms with Crippen LogP contribution in [0.4, 0.5) is 22.4 Å². The highest BCUT2D eigenvalue weighted by Gasteiger charge is 2.39. The molecule has 0 radical (unpaired) electrons. The van der Waals surface area contributed by atoms with Gasteiger partial charge in [-0.15, -0.1) is 0 Å². The minimum Gasteiger partial charge on any atom is -0.450 e. The first-order valence-electron chi connectivity index (χ1n) is 11.0. The quantitative estimate of drug-likeness (QED) is 0.289. The first-order valence-corrected chi connectivity index (χ1v) is 12.4. The number of ketones is 1. The number of Topliss-reactive ketones (excluding diaryl/α,β-unsaturated/α-hetero) is 1. The van der Waals surface area contributed by atoms with Crippen molar-refractivity contribution in [3.05, 3.63) is 52.9 Å². The Hall–Kier alpha value is -2.97. The van der Waals surface area contributed by atoms with Crippen LogP contribution in [0.3, 0.4) is 0 Å². The van der Waals surface area contributed by atoms with E-state index in [4.69, 9.17) is 4.74 Å². The van der Waals surface area contributed by atoms with Crippen LogP contribution in [0.15, 0.2) is 23.2 Å². The molecular weight excluding hydrogens is 510 g/mol. The summed E-state index contributed by atoms with van der Waals surface area (Å²) in [5.74, 6) is -7.62. The molecule has 0 spiro atoms. The zero-order valence-electron chi connectivity index (χ0n) is 19.4. The highest BCUT2D eigenvalue weighted by molar-refractivity contribution is 7.89. The Morgan fingerprint density at radius 1 is 1.14 bits per heavy atom. The molecule has 1 aliphatic rings. The van der Waals surface area contributed by atoms with Crippen LogP contribution >= 0.6 is 0 Å². The highest BCUT2D eigenvalue weighted by Crippen LogP contribution is 2.26. The molecule has 3 rings (SSSR count). The summed E-state index contributed by atoms with van der Waals surface area (Å²) in [5.41, 5.74) is -0.927. The van der Waals surface area contributed by atoms with Gasteiger partial charge in [-0.1, -0.05) is 0 Å². The zero-order valence-corrected chi connectivity index (χ0v) is 20.2. The van der Waals surface area contributed by atoms with Crippen molar-refractivity contribution in [3.63, 3.8) is 0 Å². The topological polar surface area (TPSA) is 118 Å². The lowest BCUT2D eigenvalue weighted by molar-refractivity contribution is 0.0980. The van der Waals surface area contributed by atoms with Crippen LogP contribution in [0.25, 0.3) is 0 Å². The van der Waals surface area contributed by atoms with Gasteiger partial charge in [0.2, 0.25) is 10.0 Å². The van der Waals surface area contributed by atoms with E-state index in [-0.39, 0.29) is 38.3 Å². The van der Waals surface area contributed by atoms with Gasteiger partial charge in [-0.2, -0.15) is 0 Å². The molecule has 2 N–H and O–H groups in total. The zero-order chi connectivity index (χ0) is 26.8. The van der Waals surface area contributed by atoms with Crippen molar-refractivity contribution in [2.75, 3.05) is 26.3 Å². The SMILES string of the molecule is CCOC(=O)N1CC(CCO)C(NS(=O)(=O)c2cn(C)c(C(=O)Cc3cc(F)c(F)c(F)c3)c2F)C1. The number of amides is 1. The van der Waals surface area contributed by atoms with Crippen LogP contribution < -0.4 is 4.72 Å². The van der Waals surface area contributed by atoms with E-state index in [1.54, 1.807) is 6.92 Å². The Labute approximate surface area is 204 Å². The first-order chi connectivity index (χ1) is 16.9. The van der Waals surface area contributed by atoms with E-state index < -0.39 is 74.1 Å². The van der Waals surface area contributed by atoms with Gasteiger partial charge in [-0.25, -0.2) is 35.5 Å². The fourth-order valence-corrected chi connectivity index (χ4v) is 5.57. The molecular formula is C22H25F4N3O6S. The summed E-state index contributed by atoms with van der Waals surface area (Å²) in [6.45, 7) is 1.48. The average Bonchev–Trinajstić information content (AvgIpc) is 3.32. The molecule has 14 heteroatoms. The maximum atomic E-state index is 15.2. The Bertz CT molecular complexity index is 1240. The third-order valence-corrected chi connectivity index (χ3v) is 7.30. The van der Waals surface area contributed by atoms with Crippen molar-refractivity contribution in [3.8, 4) is 0 Å². The van der Waals surface area contributed by atoms with Crippen LogP contribution in [0, 0.1) is 29.2 Å². The summed E-state index contributed by atoms with van der Waals surface area (Å²) < 4.78 is 89.5. The minimum absolute atomic E-state index is 0.0787. The van der Waals surface area contributed by atoms with Gasteiger partial charge in [-0.05, 0) is 37.0 Å². The maximum Gasteiger partial charge on any atom is 0.409 e. The Balaban J connectivity index is 1.84. The summed E-state index contributed by atoms with van der Waals surface area (Å²) in [6, 6.07) is 0.315. The second-order valence-electron chi connectivity index (χ2n) is 8.34. The lowest BCUT2D eigenvalue weighted by Gasteiger charge is -2.18. The fourth-order valence-electron chi connectivity index (χ4n) is 4.14. The third-order valence-electron chi connectivity index (χ3n) is 5.82. The van der Waals surface area contributed by atoms with Crippen molar-refractivity contribution < 1.29 is 45.4 Å². The lowest BCUT2D eigenvalue weighted by atomic mass is 10.0. The summed E-state index contributed by atoms with van der Waals surface area (Å²) in [7, 11) is -3.33. The van der Waals surface area contributed by atoms with Crippen LogP contribution in [0.5, 0.6) is 0 Å². The number of aliphatic hydroxyl groups is 1. The van der Waals surface area contributed by atoms with E-state index in [9.17, 15) is 36.3 Å². The number of likely N-dealkylation sites (tertiary alicyclic amines) is 1. The number of carbonyl (C=O) groups excluding carboxylic acids is 2. The van der Waals surface area contributed by atoms with Crippen molar-refractivity contribution in [2.24, 2.45) is 13.0 Å². The number of halogens is 4. The number of hydrogen-bond acceptors (Lipinski definition) is 6. The average molecular weight is 536 g/mol. The predicted molar refractivity (Wildman–Crippen MR) is 118 cm³/mol. The van der Waals surface area contributed by atoms with E-state index in [0.717, 1.165) is 10.8 Å². The largest absolute Gasteiger partial charge is 0.450 e. The van der Waals surface area contributed by atoms with E-state index in [1.165, 1.54) is 11.9 Å². The summed E-state index contributed by atoms with van der Waals surface area (Å²) in [5, 5.41) is 9.32. The van der Waals surface area contributed by atoms with E-state index in [2.05, 4.69) is 4.72 Å². The lowest BCUT2D eigenvalue weighted by Crippen LogP contribution is -2.41. The second kappa shape index (κ2) is 11.0. The summed E-state index contributed by atoms with van der Waals surface area (Å²) in [4.78, 5) is 25.2. The number of carbonyl (C=O) groups is 2. The van der Waals surface area contributed by atoms with Gasteiger partial charge in [0.25, 0.3) is 0 Å². The molecule has 1 amide bonds. The molecule has 1 aromatic heterocycles. The van der Waals surface area contributed by atoms with Crippen molar-refractivity contribution in [1.29, 1.82) is 0 Å². The molecule has 36 heavy (non-hydrogen) atoms. The Kier molecular flexibility index (Phi) is 8.41. The van der Waals surface area contributed by atoms with Crippen LogP contribution in [-0.2, 0) is 28.2 Å². The number of aromatic nitrogens is 1. The van der Waals surface area contributed by atoms with Crippen LogP contribution in [0.1, 0.15) is 29.4 Å².